The maximum Gasteiger partial charge on any atom is 0.257 e. The van der Waals surface area contributed by atoms with Gasteiger partial charge in [-0.1, -0.05) is 48.0 Å². The summed E-state index contributed by atoms with van der Waals surface area (Å²) in [5.41, 5.74) is 4.69. The molecule has 1 heterocycles. The van der Waals surface area contributed by atoms with Crippen molar-refractivity contribution >= 4 is 56.0 Å². The predicted molar refractivity (Wildman–Crippen MR) is 131 cm³/mol. The summed E-state index contributed by atoms with van der Waals surface area (Å²) in [5.74, 6) is 0.691. The minimum atomic E-state index is -0.257. The van der Waals surface area contributed by atoms with Gasteiger partial charge in [0.25, 0.3) is 5.91 Å². The van der Waals surface area contributed by atoms with E-state index in [1.165, 1.54) is 5.56 Å². The number of thiocarbonyl (C=S) groups is 1. The third kappa shape index (κ3) is 5.00. The number of carbonyl (C=O) groups excluding carboxylic acids is 1. The van der Waals surface area contributed by atoms with Crippen LogP contribution in [0.5, 0.6) is 0 Å². The largest absolute Gasteiger partial charge is 0.436 e. The first kappa shape index (κ1) is 21.2. The maximum absolute atomic E-state index is 12.5. The van der Waals surface area contributed by atoms with Crippen LogP contribution < -0.4 is 10.6 Å². The second-order valence-electron chi connectivity index (χ2n) is 7.40. The van der Waals surface area contributed by atoms with Crippen LogP contribution in [-0.4, -0.2) is 16.0 Å². The average Bonchev–Trinajstić information content (AvgIpc) is 3.17. The lowest BCUT2D eigenvalue weighted by Crippen LogP contribution is -2.34. The molecule has 7 heteroatoms. The molecule has 0 fully saturated rings. The molecule has 4 aromatic rings. The molecule has 3 aromatic carbocycles. The molecule has 0 unspecified atom stereocenters. The number of carbonyl (C=O) groups is 1. The molecule has 5 nitrogen and oxygen atoms in total. The molecule has 2 N–H and O–H groups in total. The molecule has 1 aromatic heterocycles. The summed E-state index contributed by atoms with van der Waals surface area (Å²) < 4.78 is 6.81. The Hall–Kier alpha value is -3.03. The van der Waals surface area contributed by atoms with Gasteiger partial charge in [-0.3, -0.25) is 10.1 Å². The number of anilines is 1. The van der Waals surface area contributed by atoms with E-state index in [9.17, 15) is 4.79 Å². The van der Waals surface area contributed by atoms with Gasteiger partial charge in [0.05, 0.1) is 0 Å². The number of rotatable bonds is 4. The van der Waals surface area contributed by atoms with Gasteiger partial charge in [0.2, 0.25) is 5.89 Å². The lowest BCUT2D eigenvalue weighted by Gasteiger charge is -2.10. The molecule has 0 saturated heterocycles. The van der Waals surface area contributed by atoms with Gasteiger partial charge in [0, 0.05) is 21.3 Å². The van der Waals surface area contributed by atoms with Crippen molar-refractivity contribution < 1.29 is 9.21 Å². The molecule has 0 saturated carbocycles. The van der Waals surface area contributed by atoms with E-state index in [1.54, 1.807) is 12.1 Å². The van der Waals surface area contributed by atoms with Crippen LogP contribution in [0.1, 0.15) is 35.7 Å². The third-order valence-corrected chi connectivity index (χ3v) is 5.48. The molecule has 4 rings (SSSR count). The Bertz CT molecular complexity index is 1270. The van der Waals surface area contributed by atoms with Crippen LogP contribution >= 0.6 is 28.1 Å². The Morgan fingerprint density at radius 3 is 2.55 bits per heavy atom. The molecule has 0 radical (unpaired) electrons. The maximum atomic E-state index is 12.5. The number of nitrogens with zero attached hydrogens (tertiary/aromatic N) is 1. The minimum Gasteiger partial charge on any atom is -0.436 e. The average molecular weight is 494 g/mol. The monoisotopic (exact) mass is 493 g/mol. The van der Waals surface area contributed by atoms with E-state index in [0.29, 0.717) is 34.2 Å². The van der Waals surface area contributed by atoms with Crippen LogP contribution in [0.25, 0.3) is 22.6 Å². The summed E-state index contributed by atoms with van der Waals surface area (Å²) >= 11 is 8.77. The molecule has 156 valence electrons. The summed E-state index contributed by atoms with van der Waals surface area (Å²) in [5, 5.41) is 5.96. The highest BCUT2D eigenvalue weighted by molar-refractivity contribution is 9.10. The molecular formula is C24H20BrN3O2S. The summed E-state index contributed by atoms with van der Waals surface area (Å²) in [6, 6.07) is 20.8. The lowest BCUT2D eigenvalue weighted by molar-refractivity contribution is 0.0977. The van der Waals surface area contributed by atoms with Crippen LogP contribution in [0, 0.1) is 0 Å². The zero-order chi connectivity index (χ0) is 22.0. The SMILES string of the molecule is CC(C)c1ccc(C(=O)NC(=S)Nc2ccc3oc(-c4cccc(Br)c4)nc3c2)cc1. The van der Waals surface area contributed by atoms with E-state index in [0.717, 1.165) is 10.0 Å². The van der Waals surface area contributed by atoms with Crippen molar-refractivity contribution in [3.05, 3.63) is 82.3 Å². The Morgan fingerprint density at radius 2 is 1.84 bits per heavy atom. The molecule has 0 bridgehead atoms. The van der Waals surface area contributed by atoms with Crippen LogP contribution in [0.2, 0.25) is 0 Å². The van der Waals surface area contributed by atoms with E-state index in [1.807, 2.05) is 54.6 Å². The lowest BCUT2D eigenvalue weighted by atomic mass is 10.0. The number of hydrogen-bond donors (Lipinski definition) is 2. The number of hydrogen-bond acceptors (Lipinski definition) is 4. The van der Waals surface area contributed by atoms with Gasteiger partial charge >= 0.3 is 0 Å². The first-order valence-electron chi connectivity index (χ1n) is 9.78. The van der Waals surface area contributed by atoms with Gasteiger partial charge in [-0.2, -0.15) is 0 Å². The fraction of sp³-hybridized carbons (Fsp3) is 0.125. The number of amides is 1. The van der Waals surface area contributed by atoms with Crippen molar-refractivity contribution in [2.24, 2.45) is 0 Å². The summed E-state index contributed by atoms with van der Waals surface area (Å²) in [6.45, 7) is 4.23. The van der Waals surface area contributed by atoms with Crippen molar-refractivity contribution in [3.63, 3.8) is 0 Å². The fourth-order valence-electron chi connectivity index (χ4n) is 3.11. The third-order valence-electron chi connectivity index (χ3n) is 4.78. The first-order valence-corrected chi connectivity index (χ1v) is 11.0. The number of nitrogens with one attached hydrogen (secondary N) is 2. The van der Waals surface area contributed by atoms with Crippen molar-refractivity contribution in [2.45, 2.75) is 19.8 Å². The minimum absolute atomic E-state index is 0.216. The molecule has 0 atom stereocenters. The van der Waals surface area contributed by atoms with E-state index >= 15 is 0 Å². The van der Waals surface area contributed by atoms with E-state index in [2.05, 4.69) is 45.4 Å². The molecule has 0 aliphatic heterocycles. The standard InChI is InChI=1S/C24H20BrN3O2S/c1-14(2)15-6-8-16(9-7-15)22(29)28-24(31)26-19-10-11-21-20(13-19)27-23(30-21)17-4-3-5-18(25)12-17/h3-14H,1-2H3,(H2,26,28,29,31). The second kappa shape index (κ2) is 8.99. The van der Waals surface area contributed by atoms with Crippen LogP contribution in [-0.2, 0) is 0 Å². The smallest absolute Gasteiger partial charge is 0.257 e. The zero-order valence-corrected chi connectivity index (χ0v) is 19.4. The zero-order valence-electron chi connectivity index (χ0n) is 17.0. The molecule has 0 spiro atoms. The molecule has 31 heavy (non-hydrogen) atoms. The fourth-order valence-corrected chi connectivity index (χ4v) is 3.72. The van der Waals surface area contributed by atoms with E-state index in [4.69, 9.17) is 16.6 Å². The van der Waals surface area contributed by atoms with Gasteiger partial charge < -0.3 is 9.73 Å². The van der Waals surface area contributed by atoms with Gasteiger partial charge in [-0.25, -0.2) is 4.98 Å². The molecular weight excluding hydrogens is 474 g/mol. The Balaban J connectivity index is 1.45. The number of oxazole rings is 1. The summed E-state index contributed by atoms with van der Waals surface area (Å²) in [6.07, 6.45) is 0. The second-order valence-corrected chi connectivity index (χ2v) is 8.72. The number of fused-ring (bicyclic) bond motifs is 1. The Labute approximate surface area is 194 Å². The van der Waals surface area contributed by atoms with Gasteiger partial charge in [0.1, 0.15) is 5.52 Å². The summed E-state index contributed by atoms with van der Waals surface area (Å²) in [7, 11) is 0. The van der Waals surface area contributed by atoms with E-state index < -0.39 is 0 Å². The topological polar surface area (TPSA) is 67.2 Å². The molecule has 1 amide bonds. The van der Waals surface area contributed by atoms with Crippen molar-refractivity contribution in [2.75, 3.05) is 5.32 Å². The first-order chi connectivity index (χ1) is 14.9. The molecule has 0 aliphatic carbocycles. The highest BCUT2D eigenvalue weighted by Crippen LogP contribution is 2.27. The van der Waals surface area contributed by atoms with Gasteiger partial charge in [-0.05, 0) is 72.2 Å². The number of halogens is 1. The predicted octanol–water partition coefficient (Wildman–Crippen LogP) is 6.51. The van der Waals surface area contributed by atoms with Crippen molar-refractivity contribution in [1.82, 2.24) is 10.3 Å². The number of benzene rings is 3. The Kier molecular flexibility index (Phi) is 6.15. The highest BCUT2D eigenvalue weighted by atomic mass is 79.9. The van der Waals surface area contributed by atoms with Crippen LogP contribution in [0.15, 0.2) is 75.6 Å². The molecule has 0 aliphatic rings. The van der Waals surface area contributed by atoms with Crippen molar-refractivity contribution in [1.29, 1.82) is 0 Å². The number of aromatic nitrogens is 1. The Morgan fingerprint density at radius 1 is 1.06 bits per heavy atom. The van der Waals surface area contributed by atoms with Crippen LogP contribution in [0.4, 0.5) is 5.69 Å². The highest BCUT2D eigenvalue weighted by Gasteiger charge is 2.12. The van der Waals surface area contributed by atoms with Crippen LogP contribution in [0.3, 0.4) is 0 Å². The quantitative estimate of drug-likeness (QED) is 0.317. The van der Waals surface area contributed by atoms with E-state index in [-0.39, 0.29) is 11.0 Å². The normalized spacial score (nSPS) is 11.0. The summed E-state index contributed by atoms with van der Waals surface area (Å²) in [4.78, 5) is 17.0. The van der Waals surface area contributed by atoms with Gasteiger partial charge in [0.15, 0.2) is 10.7 Å². The van der Waals surface area contributed by atoms with Crippen molar-refractivity contribution in [3.8, 4) is 11.5 Å². The van der Waals surface area contributed by atoms with Gasteiger partial charge in [-0.15, -0.1) is 0 Å².